The summed E-state index contributed by atoms with van der Waals surface area (Å²) in [4.78, 5) is 50.1. The first-order valence-corrected chi connectivity index (χ1v) is 12.7. The van der Waals surface area contributed by atoms with Gasteiger partial charge in [0.2, 0.25) is 17.6 Å². The van der Waals surface area contributed by atoms with Crippen molar-refractivity contribution in [1.82, 2.24) is 10.2 Å². The zero-order valence-corrected chi connectivity index (χ0v) is 22.4. The van der Waals surface area contributed by atoms with Crippen molar-refractivity contribution >= 4 is 23.5 Å². The lowest BCUT2D eigenvalue weighted by Crippen LogP contribution is -2.55. The first-order chi connectivity index (χ1) is 16.1. The molecule has 6 N–H and O–H groups in total. The average molecular weight is 487 g/mol. The molecule has 2 unspecified atom stereocenters. The number of nitrogens with two attached hydrogens (primary N) is 2. The number of amides is 3. The quantitative estimate of drug-likeness (QED) is 0.365. The van der Waals surface area contributed by atoms with Crippen molar-refractivity contribution in [1.29, 1.82) is 0 Å². The van der Waals surface area contributed by atoms with Crippen LogP contribution in [0.5, 0.6) is 0 Å². The van der Waals surface area contributed by atoms with Crippen LogP contribution >= 0.6 is 0 Å². The zero-order chi connectivity index (χ0) is 26.8. The predicted octanol–water partition coefficient (Wildman–Crippen LogP) is 1.99. The Morgan fingerprint density at radius 3 is 1.97 bits per heavy atom. The summed E-state index contributed by atoms with van der Waals surface area (Å²) in [5.41, 5.74) is 10.6. The second-order valence-corrected chi connectivity index (χ2v) is 9.13. The molecule has 9 heteroatoms. The highest BCUT2D eigenvalue weighted by atomic mass is 16.2. The van der Waals surface area contributed by atoms with E-state index in [1.54, 1.807) is 0 Å². The van der Waals surface area contributed by atoms with Crippen LogP contribution in [-0.4, -0.2) is 65.8 Å². The molecule has 1 aliphatic heterocycles. The molecule has 1 aliphatic carbocycles. The average Bonchev–Trinajstić information content (AvgIpc) is 3.20. The van der Waals surface area contributed by atoms with E-state index < -0.39 is 23.8 Å². The maximum absolute atomic E-state index is 12.9. The molecule has 0 aromatic carbocycles. The maximum Gasteiger partial charge on any atom is 0.287 e. The molecule has 1 saturated carbocycles. The van der Waals surface area contributed by atoms with Gasteiger partial charge in [0, 0.05) is 13.7 Å². The van der Waals surface area contributed by atoms with E-state index in [2.05, 4.69) is 26.1 Å². The van der Waals surface area contributed by atoms with E-state index in [1.165, 1.54) is 4.90 Å². The molecule has 2 fully saturated rings. The maximum atomic E-state index is 12.9. The number of hydrogen-bond donors (Lipinski definition) is 4. The molecule has 3 atom stereocenters. The van der Waals surface area contributed by atoms with Crippen molar-refractivity contribution in [2.24, 2.45) is 29.2 Å². The minimum Gasteiger partial charge on any atom is -0.400 e. The van der Waals surface area contributed by atoms with Gasteiger partial charge in [0.05, 0.1) is 12.6 Å². The first kappa shape index (κ1) is 34.2. The highest BCUT2D eigenvalue weighted by Gasteiger charge is 2.42. The van der Waals surface area contributed by atoms with Gasteiger partial charge in [-0.25, -0.2) is 0 Å². The number of aliphatic hydroxyl groups is 1. The van der Waals surface area contributed by atoms with Gasteiger partial charge in [-0.3, -0.25) is 19.2 Å². The number of primary amides is 1. The molecule has 3 amide bonds. The lowest BCUT2D eigenvalue weighted by molar-refractivity contribution is -0.142. The molecule has 1 heterocycles. The Bertz CT molecular complexity index is 605. The molecule has 0 spiro atoms. The number of rotatable bonds is 9. The molecule has 1 saturated heterocycles. The van der Waals surface area contributed by atoms with Gasteiger partial charge in [-0.05, 0) is 37.0 Å². The molecular formula is C25H50N4O5. The Kier molecular flexibility index (Phi) is 19.4. The number of Topliss-reactive ketones (excluding diaryl/α,β-unsaturated/α-hetero) is 1. The van der Waals surface area contributed by atoms with Gasteiger partial charge in [-0.15, -0.1) is 0 Å². The number of likely N-dealkylation sites (tertiary alicyclic amines) is 1. The molecule has 0 aromatic heterocycles. The Hall–Kier alpha value is -2.00. The summed E-state index contributed by atoms with van der Waals surface area (Å²) in [6.45, 7) is 12.8. The fraction of sp³-hybridized carbons (Fsp3) is 0.840. The van der Waals surface area contributed by atoms with Gasteiger partial charge in [-0.2, -0.15) is 0 Å². The minimum absolute atomic E-state index is 0.0310. The fourth-order valence-electron chi connectivity index (χ4n) is 4.00. The fourth-order valence-corrected chi connectivity index (χ4v) is 4.00. The van der Waals surface area contributed by atoms with Crippen LogP contribution in [0.25, 0.3) is 0 Å². The normalized spacial score (nSPS) is 19.8. The summed E-state index contributed by atoms with van der Waals surface area (Å²) in [7, 11) is 1.00. The number of carbonyl (C=O) groups excluding carboxylic acids is 4. The number of carbonyl (C=O) groups is 4. The van der Waals surface area contributed by atoms with Crippen LogP contribution in [0.4, 0.5) is 0 Å². The molecule has 0 radical (unpaired) electrons. The van der Waals surface area contributed by atoms with Gasteiger partial charge in [0.25, 0.3) is 5.91 Å². The first-order valence-electron chi connectivity index (χ1n) is 12.7. The largest absolute Gasteiger partial charge is 0.400 e. The monoisotopic (exact) mass is 486 g/mol. The SMILES string of the molecule is CC.CC(C)C.CCC[C@H]1CCN(C(=O)CN)C1C(=O)NC(CC1CCC1)C(=O)C(N)=O.CO. The van der Waals surface area contributed by atoms with Crippen LogP contribution in [-0.2, 0) is 19.2 Å². The number of ketones is 1. The summed E-state index contributed by atoms with van der Waals surface area (Å²) < 4.78 is 0. The predicted molar refractivity (Wildman–Crippen MR) is 136 cm³/mol. The van der Waals surface area contributed by atoms with Crippen LogP contribution in [0, 0.1) is 17.8 Å². The third kappa shape index (κ3) is 11.9. The standard InChI is InChI=1S/C18H30N4O4.C4H10.C2H6.CH4O/c1-2-4-12-7-8-22(14(23)10-19)15(12)18(26)21-13(16(24)17(20)25)9-11-5-3-6-11;1-4(2)3;2*1-2/h11-13,15H,2-10,19H2,1H3,(H2,20,25)(H,21,26);4H,1-3H3;1-2H3;2H,1H3/t12-,13?,15?;;;/m0.../s1. The number of nitrogens with zero attached hydrogens (tertiary/aromatic N) is 1. The van der Waals surface area contributed by atoms with Crippen molar-refractivity contribution in [3.8, 4) is 0 Å². The highest BCUT2D eigenvalue weighted by Crippen LogP contribution is 2.32. The van der Waals surface area contributed by atoms with Crippen molar-refractivity contribution in [3.63, 3.8) is 0 Å². The minimum atomic E-state index is -1.04. The molecule has 0 bridgehead atoms. The highest BCUT2D eigenvalue weighted by molar-refractivity contribution is 6.37. The second kappa shape index (κ2) is 19.3. The zero-order valence-electron chi connectivity index (χ0n) is 22.4. The Balaban J connectivity index is 0. The third-order valence-electron chi connectivity index (χ3n) is 5.62. The second-order valence-electron chi connectivity index (χ2n) is 9.13. The summed E-state index contributed by atoms with van der Waals surface area (Å²) >= 11 is 0. The Morgan fingerprint density at radius 1 is 1.06 bits per heavy atom. The Morgan fingerprint density at radius 2 is 1.59 bits per heavy atom. The van der Waals surface area contributed by atoms with Crippen molar-refractivity contribution in [2.75, 3.05) is 20.2 Å². The lowest BCUT2D eigenvalue weighted by atomic mass is 9.80. The van der Waals surface area contributed by atoms with E-state index in [4.69, 9.17) is 16.6 Å². The molecular weight excluding hydrogens is 436 g/mol. The van der Waals surface area contributed by atoms with Gasteiger partial charge in [0.15, 0.2) is 0 Å². The molecule has 2 rings (SSSR count). The summed E-state index contributed by atoms with van der Waals surface area (Å²) in [5.74, 6) is -1.29. The molecule has 0 aromatic rings. The molecule has 9 nitrogen and oxygen atoms in total. The summed E-state index contributed by atoms with van der Waals surface area (Å²) in [5, 5.41) is 9.71. The van der Waals surface area contributed by atoms with Gasteiger partial charge >= 0.3 is 0 Å². The summed E-state index contributed by atoms with van der Waals surface area (Å²) in [6, 6.07) is -1.56. The van der Waals surface area contributed by atoms with Crippen LogP contribution in [0.3, 0.4) is 0 Å². The third-order valence-corrected chi connectivity index (χ3v) is 5.62. The van der Waals surface area contributed by atoms with Crippen molar-refractivity contribution in [2.45, 2.75) is 98.6 Å². The van der Waals surface area contributed by atoms with E-state index in [9.17, 15) is 19.2 Å². The van der Waals surface area contributed by atoms with E-state index in [0.717, 1.165) is 51.6 Å². The molecule has 200 valence electrons. The number of hydrogen-bond acceptors (Lipinski definition) is 6. The van der Waals surface area contributed by atoms with Crippen LogP contribution < -0.4 is 16.8 Å². The lowest BCUT2D eigenvalue weighted by Gasteiger charge is -2.32. The summed E-state index contributed by atoms with van der Waals surface area (Å²) in [6.07, 6.45) is 5.92. The van der Waals surface area contributed by atoms with Crippen LogP contribution in [0.2, 0.25) is 0 Å². The van der Waals surface area contributed by atoms with E-state index >= 15 is 0 Å². The molecule has 2 aliphatic rings. The van der Waals surface area contributed by atoms with Crippen molar-refractivity contribution in [3.05, 3.63) is 0 Å². The van der Waals surface area contributed by atoms with Gasteiger partial charge < -0.3 is 26.8 Å². The smallest absolute Gasteiger partial charge is 0.287 e. The van der Waals surface area contributed by atoms with E-state index in [-0.39, 0.29) is 24.3 Å². The van der Waals surface area contributed by atoms with Crippen LogP contribution in [0.15, 0.2) is 0 Å². The topological polar surface area (TPSA) is 156 Å². The van der Waals surface area contributed by atoms with Crippen LogP contribution in [0.1, 0.15) is 86.5 Å². The van der Waals surface area contributed by atoms with Gasteiger partial charge in [-0.1, -0.05) is 67.2 Å². The number of aliphatic hydroxyl groups excluding tert-OH is 1. The molecule has 34 heavy (non-hydrogen) atoms. The van der Waals surface area contributed by atoms with E-state index in [0.29, 0.717) is 18.9 Å². The van der Waals surface area contributed by atoms with Crippen molar-refractivity contribution < 1.29 is 24.3 Å². The Labute approximate surface area is 206 Å². The number of nitrogens with one attached hydrogen (secondary N) is 1. The van der Waals surface area contributed by atoms with Gasteiger partial charge in [0.1, 0.15) is 6.04 Å². The van der Waals surface area contributed by atoms with E-state index in [1.807, 2.05) is 20.8 Å².